The van der Waals surface area contributed by atoms with Crippen molar-refractivity contribution in [2.24, 2.45) is 10.9 Å². The van der Waals surface area contributed by atoms with E-state index < -0.39 is 0 Å². The van der Waals surface area contributed by atoms with E-state index in [2.05, 4.69) is 69.0 Å². The zero-order valence-corrected chi connectivity index (χ0v) is 18.3. The van der Waals surface area contributed by atoms with Crippen molar-refractivity contribution in [3.8, 4) is 5.88 Å². The molecule has 1 aliphatic heterocycles. The lowest BCUT2D eigenvalue weighted by atomic mass is 9.99. The molecule has 0 aliphatic carbocycles. The molecule has 0 saturated heterocycles. The number of aromatic nitrogens is 1. The van der Waals surface area contributed by atoms with Crippen molar-refractivity contribution in [2.45, 2.75) is 52.4 Å². The molecule has 1 aliphatic rings. The Morgan fingerprint density at radius 3 is 2.78 bits per heavy atom. The fourth-order valence-corrected chi connectivity index (χ4v) is 2.91. The summed E-state index contributed by atoms with van der Waals surface area (Å²) in [6.45, 7) is 9.94. The number of hydrogen-bond acceptors (Lipinski definition) is 5. The van der Waals surface area contributed by atoms with Crippen LogP contribution in [0.5, 0.6) is 5.88 Å². The average Bonchev–Trinajstić information content (AvgIpc) is 2.66. The van der Waals surface area contributed by atoms with E-state index in [-0.39, 0.29) is 6.04 Å². The molecule has 3 unspecified atom stereocenters. The Labute approximate surface area is 166 Å². The number of rotatable bonds is 9. The maximum atomic E-state index is 5.88. The predicted molar refractivity (Wildman–Crippen MR) is 117 cm³/mol. The van der Waals surface area contributed by atoms with E-state index in [0.717, 1.165) is 29.1 Å². The lowest BCUT2D eigenvalue weighted by Crippen LogP contribution is -2.31. The van der Waals surface area contributed by atoms with Crippen molar-refractivity contribution in [2.75, 3.05) is 13.7 Å². The normalized spacial score (nSPS) is 19.3. The maximum absolute atomic E-state index is 5.88. The Hall–Kier alpha value is -1.71. The third kappa shape index (κ3) is 6.15. The smallest absolute Gasteiger partial charge is 0.216 e. The van der Waals surface area contributed by atoms with Crippen LogP contribution in [0.3, 0.4) is 0 Å². The van der Waals surface area contributed by atoms with Crippen LogP contribution in [0.2, 0.25) is 0 Å². The van der Waals surface area contributed by atoms with E-state index >= 15 is 0 Å². The molecule has 0 aromatic carbocycles. The summed E-state index contributed by atoms with van der Waals surface area (Å²) >= 11 is 0. The maximum Gasteiger partial charge on any atom is 0.216 e. The molecule has 0 amide bonds. The number of nitrogens with zero attached hydrogens (tertiary/aromatic N) is 2. The van der Waals surface area contributed by atoms with Crippen LogP contribution in [-0.4, -0.2) is 36.1 Å². The molecule has 0 fully saturated rings. The zero-order chi connectivity index (χ0) is 19.8. The minimum Gasteiger partial charge on any atom is -0.477 e. The van der Waals surface area contributed by atoms with Crippen molar-refractivity contribution < 1.29 is 4.74 Å². The van der Waals surface area contributed by atoms with Gasteiger partial charge >= 0.3 is 0 Å². The Balaban J connectivity index is 1.97. The summed E-state index contributed by atoms with van der Waals surface area (Å²) in [5.74, 6) is 1.29. The second kappa shape index (κ2) is 10.6. The summed E-state index contributed by atoms with van der Waals surface area (Å²) in [4.78, 5) is 8.98. The zero-order valence-electron chi connectivity index (χ0n) is 17.1. The van der Waals surface area contributed by atoms with Gasteiger partial charge in [-0.3, -0.25) is 4.99 Å². The fraction of sp³-hybridized carbons (Fsp3) is 0.524. The first kappa shape index (κ1) is 21.6. The highest BCUT2D eigenvalue weighted by molar-refractivity contribution is 7.17. The third-order valence-corrected chi connectivity index (χ3v) is 5.70. The molecule has 2 rings (SSSR count). The van der Waals surface area contributed by atoms with Crippen molar-refractivity contribution in [1.29, 1.82) is 0 Å². The quantitative estimate of drug-likeness (QED) is 0.635. The van der Waals surface area contributed by atoms with Gasteiger partial charge in [0.15, 0.2) is 0 Å². The van der Waals surface area contributed by atoms with Gasteiger partial charge in [-0.2, -0.15) is 0 Å². The Kier molecular flexibility index (Phi) is 8.46. The first-order valence-corrected chi connectivity index (χ1v) is 10.3. The highest BCUT2D eigenvalue weighted by Crippen LogP contribution is 2.19. The Morgan fingerprint density at radius 2 is 2.15 bits per heavy atom. The molecule has 2 heterocycles. The third-order valence-electron chi connectivity index (χ3n) is 4.74. The van der Waals surface area contributed by atoms with Crippen LogP contribution in [0.1, 0.15) is 38.3 Å². The minimum absolute atomic E-state index is 0.196. The molecule has 3 atom stereocenters. The van der Waals surface area contributed by atoms with Gasteiger partial charge in [-0.15, -0.1) is 9.24 Å². The summed E-state index contributed by atoms with van der Waals surface area (Å²) in [6, 6.07) is 2.33. The summed E-state index contributed by atoms with van der Waals surface area (Å²) in [6.07, 6.45) is 8.80. The molecule has 0 spiro atoms. The molecular formula is C21H33N4OP. The number of pyridine rings is 1. The van der Waals surface area contributed by atoms with Crippen molar-refractivity contribution in [3.05, 3.63) is 47.4 Å². The predicted octanol–water partition coefficient (Wildman–Crippen LogP) is 3.61. The first-order valence-electron chi connectivity index (χ1n) is 9.64. The highest BCUT2D eigenvalue weighted by Gasteiger charge is 2.16. The number of likely N-dealkylation sites (N-methyl/N-ethyl adjacent to an activating group) is 1. The number of hydrogen-bond donors (Lipinski definition) is 2. The van der Waals surface area contributed by atoms with Crippen LogP contribution in [0.4, 0.5) is 0 Å². The number of aliphatic imine (C=N–C) groups is 1. The minimum atomic E-state index is 0.196. The van der Waals surface area contributed by atoms with Gasteiger partial charge in [-0.25, -0.2) is 4.98 Å². The SMILES string of the molecule is CCC1=NC=CC(NC)/C1=C\NCc1cnc(OCC(P)C(C)C)c(C)c1. The number of ether oxygens (including phenoxy) is 1. The molecule has 5 nitrogen and oxygen atoms in total. The van der Waals surface area contributed by atoms with E-state index in [9.17, 15) is 0 Å². The van der Waals surface area contributed by atoms with E-state index in [0.29, 0.717) is 24.7 Å². The van der Waals surface area contributed by atoms with Crippen molar-refractivity contribution in [1.82, 2.24) is 15.6 Å². The standard InChI is InChI=1S/C21H33N4OP/c1-6-18-17(19(22-5)7-8-24-18)12-23-10-16-9-15(4)21(25-11-16)26-13-20(27)14(2)3/h7-9,11-12,14,19-20,22-23H,6,10,13,27H2,1-5H3/b17-12-. The van der Waals surface area contributed by atoms with Gasteiger partial charge in [0.05, 0.1) is 12.6 Å². The fourth-order valence-electron chi connectivity index (χ4n) is 2.81. The Morgan fingerprint density at radius 1 is 1.37 bits per heavy atom. The van der Waals surface area contributed by atoms with Gasteiger partial charge in [-0.1, -0.05) is 20.8 Å². The van der Waals surface area contributed by atoms with Gasteiger partial charge < -0.3 is 15.4 Å². The average molecular weight is 388 g/mol. The first-order chi connectivity index (χ1) is 13.0. The molecule has 0 radical (unpaired) electrons. The molecule has 2 N–H and O–H groups in total. The molecule has 1 aromatic heterocycles. The van der Waals surface area contributed by atoms with Gasteiger partial charge in [-0.05, 0) is 44.0 Å². The molecular weight excluding hydrogens is 355 g/mol. The highest BCUT2D eigenvalue weighted by atomic mass is 31.0. The lowest BCUT2D eigenvalue weighted by Gasteiger charge is -2.21. The Bertz CT molecular complexity index is 712. The van der Waals surface area contributed by atoms with Crippen LogP contribution in [0.25, 0.3) is 0 Å². The number of aryl methyl sites for hydroxylation is 1. The molecule has 27 heavy (non-hydrogen) atoms. The van der Waals surface area contributed by atoms with E-state index in [1.165, 1.54) is 5.57 Å². The van der Waals surface area contributed by atoms with E-state index in [4.69, 9.17) is 4.74 Å². The van der Waals surface area contributed by atoms with Crippen LogP contribution in [0, 0.1) is 12.8 Å². The topological polar surface area (TPSA) is 58.5 Å². The van der Waals surface area contributed by atoms with Gasteiger partial charge in [0.2, 0.25) is 5.88 Å². The molecule has 1 aromatic rings. The molecule has 0 bridgehead atoms. The summed E-state index contributed by atoms with van der Waals surface area (Å²) < 4.78 is 5.88. The largest absolute Gasteiger partial charge is 0.477 e. The monoisotopic (exact) mass is 388 g/mol. The van der Waals surface area contributed by atoms with Gasteiger partial charge in [0.25, 0.3) is 0 Å². The van der Waals surface area contributed by atoms with Gasteiger partial charge in [0.1, 0.15) is 0 Å². The van der Waals surface area contributed by atoms with Crippen LogP contribution < -0.4 is 15.4 Å². The van der Waals surface area contributed by atoms with Gasteiger partial charge in [0, 0.05) is 47.6 Å². The molecule has 0 saturated carbocycles. The molecule has 6 heteroatoms. The van der Waals surface area contributed by atoms with Crippen LogP contribution in [-0.2, 0) is 6.54 Å². The summed E-state index contributed by atoms with van der Waals surface area (Å²) in [5, 5.41) is 6.72. The number of nitrogens with one attached hydrogen (secondary N) is 2. The van der Waals surface area contributed by atoms with Crippen molar-refractivity contribution >= 4 is 15.0 Å². The second-order valence-corrected chi connectivity index (χ2v) is 8.06. The van der Waals surface area contributed by atoms with Crippen molar-refractivity contribution in [3.63, 3.8) is 0 Å². The van der Waals surface area contributed by atoms with E-state index in [1.54, 1.807) is 0 Å². The summed E-state index contributed by atoms with van der Waals surface area (Å²) in [5.41, 5.74) is 4.92. The lowest BCUT2D eigenvalue weighted by molar-refractivity contribution is 0.284. The summed E-state index contributed by atoms with van der Waals surface area (Å²) in [7, 11) is 4.81. The van der Waals surface area contributed by atoms with Crippen LogP contribution >= 0.6 is 9.24 Å². The van der Waals surface area contributed by atoms with Crippen LogP contribution in [0.15, 0.2) is 41.3 Å². The molecule has 148 valence electrons. The second-order valence-electron chi connectivity index (χ2n) is 7.20. The van der Waals surface area contributed by atoms with E-state index in [1.807, 2.05) is 26.4 Å².